The number of carbonyl (C=O) groups excluding carboxylic acids is 2. The number of rotatable bonds is 5. The summed E-state index contributed by atoms with van der Waals surface area (Å²) in [6.07, 6.45) is 3.22. The van der Waals surface area contributed by atoms with Crippen LogP contribution in [0.3, 0.4) is 0 Å². The van der Waals surface area contributed by atoms with Gasteiger partial charge in [0.1, 0.15) is 6.61 Å². The van der Waals surface area contributed by atoms with Crippen molar-refractivity contribution in [2.45, 2.75) is 31.4 Å². The third-order valence-electron chi connectivity index (χ3n) is 5.68. The Hall–Kier alpha value is -3.19. The molecule has 7 heteroatoms. The molecular weight excluding hydrogens is 412 g/mol. The molecule has 6 nitrogen and oxygen atoms in total. The van der Waals surface area contributed by atoms with Crippen molar-refractivity contribution < 1.29 is 19.1 Å². The minimum atomic E-state index is -0.378. The van der Waals surface area contributed by atoms with Gasteiger partial charge in [0.15, 0.2) is 0 Å². The maximum Gasteiger partial charge on any atom is 0.410 e. The number of benzene rings is 2. The molecular formula is C24H24N2O4S. The van der Waals surface area contributed by atoms with Gasteiger partial charge in [-0.3, -0.25) is 0 Å². The van der Waals surface area contributed by atoms with E-state index in [1.165, 1.54) is 24.2 Å². The first-order chi connectivity index (χ1) is 15.2. The third kappa shape index (κ3) is 4.94. The van der Waals surface area contributed by atoms with Gasteiger partial charge < -0.3 is 14.4 Å². The van der Waals surface area contributed by atoms with Crippen molar-refractivity contribution in [3.8, 4) is 0 Å². The van der Waals surface area contributed by atoms with Gasteiger partial charge in [-0.25, -0.2) is 14.0 Å². The van der Waals surface area contributed by atoms with Gasteiger partial charge in [0.2, 0.25) is 0 Å². The summed E-state index contributed by atoms with van der Waals surface area (Å²) >= 11 is 1.44. The van der Waals surface area contributed by atoms with Crippen LogP contribution in [0, 0.1) is 0 Å². The van der Waals surface area contributed by atoms with E-state index >= 15 is 0 Å². The van der Waals surface area contributed by atoms with Crippen molar-refractivity contribution >= 4 is 23.6 Å². The van der Waals surface area contributed by atoms with Crippen LogP contribution in [0.5, 0.6) is 0 Å². The molecule has 0 saturated carbocycles. The number of ether oxygens (including phenoxy) is 2. The lowest BCUT2D eigenvalue weighted by Crippen LogP contribution is -2.40. The van der Waals surface area contributed by atoms with E-state index in [-0.39, 0.29) is 24.7 Å². The van der Waals surface area contributed by atoms with E-state index < -0.39 is 0 Å². The van der Waals surface area contributed by atoms with Crippen LogP contribution in [0.25, 0.3) is 0 Å². The Labute approximate surface area is 185 Å². The molecule has 2 atom stereocenters. The zero-order valence-corrected chi connectivity index (χ0v) is 18.1. The molecule has 0 radical (unpaired) electrons. The molecule has 0 N–H and O–H groups in total. The second-order valence-electron chi connectivity index (χ2n) is 7.54. The summed E-state index contributed by atoms with van der Waals surface area (Å²) in [4.78, 5) is 26.6. The quantitative estimate of drug-likeness (QED) is 0.515. The van der Waals surface area contributed by atoms with Crippen LogP contribution in [0.1, 0.15) is 51.8 Å². The van der Waals surface area contributed by atoms with Crippen molar-refractivity contribution in [3.63, 3.8) is 0 Å². The summed E-state index contributed by atoms with van der Waals surface area (Å²) in [6, 6.07) is 16.8. The predicted octanol–water partition coefficient (Wildman–Crippen LogP) is 5.19. The van der Waals surface area contributed by atoms with E-state index in [2.05, 4.69) is 9.75 Å². The van der Waals surface area contributed by atoms with Gasteiger partial charge in [0.05, 0.1) is 18.7 Å². The first-order valence-corrected chi connectivity index (χ1v) is 11.0. The fourth-order valence-corrected chi connectivity index (χ4v) is 4.60. The van der Waals surface area contributed by atoms with Crippen LogP contribution in [0.4, 0.5) is 4.79 Å². The molecule has 3 aromatic rings. The molecule has 31 heavy (non-hydrogen) atoms. The van der Waals surface area contributed by atoms with E-state index in [4.69, 9.17) is 9.47 Å². The number of hydrogen-bond acceptors (Lipinski definition) is 6. The lowest BCUT2D eigenvalue weighted by atomic mass is 9.84. The Morgan fingerprint density at radius 3 is 2.55 bits per heavy atom. The van der Waals surface area contributed by atoms with Crippen LogP contribution in [0.15, 0.2) is 66.2 Å². The molecule has 2 heterocycles. The second-order valence-corrected chi connectivity index (χ2v) is 8.20. The molecule has 4 rings (SSSR count). The van der Waals surface area contributed by atoms with Crippen molar-refractivity contribution in [1.82, 2.24) is 9.27 Å². The molecule has 1 saturated heterocycles. The Morgan fingerprint density at radius 2 is 1.87 bits per heavy atom. The van der Waals surface area contributed by atoms with Crippen LogP contribution in [-0.4, -0.2) is 35.0 Å². The highest BCUT2D eigenvalue weighted by Crippen LogP contribution is 2.40. The normalized spacial score (nSPS) is 18.4. The molecule has 0 spiro atoms. The van der Waals surface area contributed by atoms with Crippen molar-refractivity contribution in [2.24, 2.45) is 0 Å². The molecule has 0 aliphatic carbocycles. The molecule has 1 unspecified atom stereocenters. The summed E-state index contributed by atoms with van der Waals surface area (Å²) in [6.45, 7) is 0.833. The standard InChI is InChI=1S/C24H24N2O4S/c1-29-23(27)19-9-7-18(8-10-19)22-13-20(21-14-25-31-16-21)11-12-26(22)24(28)30-15-17-5-3-2-4-6-17/h2-10,14,16,20,22H,11-13,15H2,1H3/t20?,22-/m0/s1. The highest BCUT2D eigenvalue weighted by Gasteiger charge is 2.34. The van der Waals surface area contributed by atoms with Gasteiger partial charge in [-0.1, -0.05) is 42.5 Å². The number of methoxy groups -OCH3 is 1. The molecule has 1 aliphatic rings. The SMILES string of the molecule is COC(=O)c1ccc([C@@H]2CC(c3cnsc3)CCN2C(=O)OCc2ccccc2)cc1. The van der Waals surface area contributed by atoms with Gasteiger partial charge in [0.25, 0.3) is 0 Å². The van der Waals surface area contributed by atoms with Crippen LogP contribution in [0.2, 0.25) is 0 Å². The average molecular weight is 437 g/mol. The highest BCUT2D eigenvalue weighted by atomic mass is 32.1. The number of aromatic nitrogens is 1. The van der Waals surface area contributed by atoms with Crippen LogP contribution >= 0.6 is 11.5 Å². The first-order valence-electron chi connectivity index (χ1n) is 10.2. The largest absolute Gasteiger partial charge is 0.465 e. The summed E-state index contributed by atoms with van der Waals surface area (Å²) in [5.41, 5.74) is 3.61. The van der Waals surface area contributed by atoms with Gasteiger partial charge in [-0.05, 0) is 59.1 Å². The predicted molar refractivity (Wildman–Crippen MR) is 118 cm³/mol. The monoisotopic (exact) mass is 436 g/mol. The summed E-state index contributed by atoms with van der Waals surface area (Å²) in [7, 11) is 1.36. The molecule has 2 aromatic carbocycles. The molecule has 1 aromatic heterocycles. The van der Waals surface area contributed by atoms with Gasteiger partial charge in [0, 0.05) is 18.1 Å². The smallest absolute Gasteiger partial charge is 0.410 e. The number of amides is 1. The van der Waals surface area contributed by atoms with E-state index in [1.807, 2.05) is 48.7 Å². The lowest BCUT2D eigenvalue weighted by molar-refractivity contribution is 0.0596. The molecule has 1 aliphatic heterocycles. The third-order valence-corrected chi connectivity index (χ3v) is 6.29. The van der Waals surface area contributed by atoms with Crippen LogP contribution < -0.4 is 0 Å². The van der Waals surface area contributed by atoms with E-state index in [1.54, 1.807) is 17.0 Å². The number of hydrogen-bond donors (Lipinski definition) is 0. The average Bonchev–Trinajstić information content (AvgIpc) is 3.37. The van der Waals surface area contributed by atoms with Crippen molar-refractivity contribution in [3.05, 3.63) is 88.4 Å². The highest BCUT2D eigenvalue weighted by molar-refractivity contribution is 7.03. The zero-order chi connectivity index (χ0) is 21.6. The summed E-state index contributed by atoms with van der Waals surface area (Å²) < 4.78 is 14.7. The maximum atomic E-state index is 13.0. The number of likely N-dealkylation sites (tertiary alicyclic amines) is 1. The lowest BCUT2D eigenvalue weighted by Gasteiger charge is -2.39. The fraction of sp³-hybridized carbons (Fsp3) is 0.292. The fourth-order valence-electron chi connectivity index (χ4n) is 3.98. The topological polar surface area (TPSA) is 68.7 Å². The number of esters is 1. The van der Waals surface area contributed by atoms with Gasteiger partial charge in [-0.2, -0.15) is 0 Å². The van der Waals surface area contributed by atoms with Gasteiger partial charge >= 0.3 is 12.1 Å². The Morgan fingerprint density at radius 1 is 1.10 bits per heavy atom. The Kier molecular flexibility index (Phi) is 6.62. The van der Waals surface area contributed by atoms with E-state index in [9.17, 15) is 9.59 Å². The van der Waals surface area contributed by atoms with E-state index in [0.717, 1.165) is 24.0 Å². The Bertz CT molecular complexity index is 1010. The molecule has 1 amide bonds. The van der Waals surface area contributed by atoms with Gasteiger partial charge in [-0.15, -0.1) is 0 Å². The number of nitrogens with zero attached hydrogens (tertiary/aromatic N) is 2. The number of piperidine rings is 1. The van der Waals surface area contributed by atoms with Crippen molar-refractivity contribution in [1.29, 1.82) is 0 Å². The minimum absolute atomic E-state index is 0.145. The van der Waals surface area contributed by atoms with E-state index in [0.29, 0.717) is 18.0 Å². The molecule has 160 valence electrons. The van der Waals surface area contributed by atoms with Crippen LogP contribution in [-0.2, 0) is 16.1 Å². The maximum absolute atomic E-state index is 13.0. The number of carbonyl (C=O) groups is 2. The molecule has 1 fully saturated rings. The van der Waals surface area contributed by atoms with Crippen molar-refractivity contribution in [2.75, 3.05) is 13.7 Å². The zero-order valence-electron chi connectivity index (χ0n) is 17.3. The first kappa shape index (κ1) is 21.1. The minimum Gasteiger partial charge on any atom is -0.465 e. The summed E-state index contributed by atoms with van der Waals surface area (Å²) in [5, 5.41) is 2.07. The molecule has 0 bridgehead atoms. The summed E-state index contributed by atoms with van der Waals surface area (Å²) in [5.74, 6) is -0.0567. The second kappa shape index (κ2) is 9.75. The Balaban J connectivity index is 1.54.